The number of carbonyl (C=O) groups is 1. The van der Waals surface area contributed by atoms with Crippen molar-refractivity contribution in [2.75, 3.05) is 13.1 Å². The standard InChI is InChI=1S/C25H27N3O2/c26-13-17-5-4-8-20(11-17)22-9-10-23(29)28-15-18-12-21(24(22)28)16-27(14-18)25(30)19-6-2-1-3-7-19/h4-5,8-11,18-19,21H,1-3,6-7,12,14-16H2/t18-,21+/m0/s1. The Hall–Kier alpha value is -2.87. The van der Waals surface area contributed by atoms with Crippen molar-refractivity contribution in [3.63, 3.8) is 0 Å². The summed E-state index contributed by atoms with van der Waals surface area (Å²) in [6.45, 7) is 2.14. The van der Waals surface area contributed by atoms with Crippen LogP contribution in [0.3, 0.4) is 0 Å². The van der Waals surface area contributed by atoms with E-state index in [1.807, 2.05) is 28.8 Å². The molecule has 0 spiro atoms. The van der Waals surface area contributed by atoms with Gasteiger partial charge in [0, 0.05) is 48.8 Å². The highest BCUT2D eigenvalue weighted by Crippen LogP contribution is 2.41. The van der Waals surface area contributed by atoms with Gasteiger partial charge in [-0.2, -0.15) is 5.26 Å². The quantitative estimate of drug-likeness (QED) is 0.766. The lowest BCUT2D eigenvalue weighted by atomic mass is 9.79. The molecule has 3 heterocycles. The van der Waals surface area contributed by atoms with E-state index in [2.05, 4.69) is 11.0 Å². The molecule has 1 aliphatic carbocycles. The van der Waals surface area contributed by atoms with Crippen LogP contribution in [0.25, 0.3) is 11.1 Å². The van der Waals surface area contributed by atoms with Gasteiger partial charge in [-0.15, -0.1) is 0 Å². The van der Waals surface area contributed by atoms with Gasteiger partial charge in [-0.25, -0.2) is 0 Å². The van der Waals surface area contributed by atoms with Gasteiger partial charge in [0.25, 0.3) is 5.56 Å². The van der Waals surface area contributed by atoms with Gasteiger partial charge in [-0.3, -0.25) is 9.59 Å². The number of hydrogen-bond acceptors (Lipinski definition) is 3. The molecule has 3 aliphatic rings. The summed E-state index contributed by atoms with van der Waals surface area (Å²) in [6.07, 6.45) is 6.63. The number of fused-ring (bicyclic) bond motifs is 4. The van der Waals surface area contributed by atoms with E-state index in [-0.39, 0.29) is 17.4 Å². The first kappa shape index (κ1) is 19.1. The summed E-state index contributed by atoms with van der Waals surface area (Å²) in [4.78, 5) is 28.0. The van der Waals surface area contributed by atoms with E-state index in [1.165, 1.54) is 6.42 Å². The highest BCUT2D eigenvalue weighted by atomic mass is 16.2. The van der Waals surface area contributed by atoms with Crippen molar-refractivity contribution in [2.24, 2.45) is 11.8 Å². The molecule has 1 amide bonds. The molecule has 2 atom stereocenters. The highest BCUT2D eigenvalue weighted by Gasteiger charge is 2.39. The minimum absolute atomic E-state index is 0.0342. The fourth-order valence-corrected chi connectivity index (χ4v) is 5.80. The Balaban J connectivity index is 1.51. The summed E-state index contributed by atoms with van der Waals surface area (Å²) < 4.78 is 1.93. The first-order chi connectivity index (χ1) is 14.6. The van der Waals surface area contributed by atoms with Crippen LogP contribution in [0.2, 0.25) is 0 Å². The average Bonchev–Trinajstić information content (AvgIpc) is 2.79. The summed E-state index contributed by atoms with van der Waals surface area (Å²) in [5.41, 5.74) is 3.67. The van der Waals surface area contributed by atoms with Crippen molar-refractivity contribution in [3.05, 3.63) is 58.0 Å². The van der Waals surface area contributed by atoms with Crippen LogP contribution in [0.1, 0.15) is 55.7 Å². The predicted molar refractivity (Wildman–Crippen MR) is 115 cm³/mol. The third kappa shape index (κ3) is 3.35. The molecule has 5 nitrogen and oxygen atoms in total. The number of hydrogen-bond donors (Lipinski definition) is 0. The summed E-state index contributed by atoms with van der Waals surface area (Å²) in [6, 6.07) is 13.3. The van der Waals surface area contributed by atoms with Gasteiger partial charge in [-0.1, -0.05) is 31.4 Å². The number of nitriles is 1. The second kappa shape index (κ2) is 7.75. The number of aromatic nitrogens is 1. The van der Waals surface area contributed by atoms with Gasteiger partial charge in [0.05, 0.1) is 11.6 Å². The minimum atomic E-state index is 0.0342. The van der Waals surface area contributed by atoms with Crippen LogP contribution in [0, 0.1) is 23.2 Å². The van der Waals surface area contributed by atoms with E-state index in [4.69, 9.17) is 0 Å². The molecule has 2 bridgehead atoms. The fourth-order valence-electron chi connectivity index (χ4n) is 5.80. The zero-order chi connectivity index (χ0) is 20.7. The van der Waals surface area contributed by atoms with Crippen molar-refractivity contribution in [2.45, 2.75) is 51.0 Å². The molecular weight excluding hydrogens is 374 g/mol. The van der Waals surface area contributed by atoms with Crippen LogP contribution < -0.4 is 5.56 Å². The summed E-state index contributed by atoms with van der Waals surface area (Å²) >= 11 is 0. The molecule has 2 fully saturated rings. The number of piperidine rings is 1. The number of likely N-dealkylation sites (tertiary alicyclic amines) is 1. The first-order valence-electron chi connectivity index (χ1n) is 11.2. The van der Waals surface area contributed by atoms with E-state index >= 15 is 0 Å². The van der Waals surface area contributed by atoms with Crippen LogP contribution >= 0.6 is 0 Å². The molecule has 154 valence electrons. The number of benzene rings is 1. The Morgan fingerprint density at radius 3 is 2.67 bits per heavy atom. The lowest BCUT2D eigenvalue weighted by Crippen LogP contribution is -2.51. The van der Waals surface area contributed by atoms with Crippen molar-refractivity contribution >= 4 is 5.91 Å². The smallest absolute Gasteiger partial charge is 0.250 e. The largest absolute Gasteiger partial charge is 0.341 e. The maximum atomic E-state index is 13.2. The topological polar surface area (TPSA) is 66.1 Å². The Morgan fingerprint density at radius 1 is 1.03 bits per heavy atom. The lowest BCUT2D eigenvalue weighted by Gasteiger charge is -2.44. The molecule has 5 rings (SSSR count). The molecule has 1 aromatic carbocycles. The van der Waals surface area contributed by atoms with Crippen LogP contribution in [0.5, 0.6) is 0 Å². The second-order valence-corrected chi connectivity index (χ2v) is 9.15. The van der Waals surface area contributed by atoms with E-state index < -0.39 is 0 Å². The van der Waals surface area contributed by atoms with Crippen LogP contribution in [-0.4, -0.2) is 28.5 Å². The zero-order valence-electron chi connectivity index (χ0n) is 17.2. The van der Waals surface area contributed by atoms with Gasteiger partial charge in [0.1, 0.15) is 0 Å². The fraction of sp³-hybridized carbons (Fsp3) is 0.480. The molecule has 2 aliphatic heterocycles. The van der Waals surface area contributed by atoms with Gasteiger partial charge in [0.15, 0.2) is 0 Å². The van der Waals surface area contributed by atoms with E-state index in [1.54, 1.807) is 12.1 Å². The van der Waals surface area contributed by atoms with Crippen LogP contribution in [0.4, 0.5) is 0 Å². The zero-order valence-corrected chi connectivity index (χ0v) is 17.2. The normalized spacial score (nSPS) is 23.5. The second-order valence-electron chi connectivity index (χ2n) is 9.15. The van der Waals surface area contributed by atoms with Crippen LogP contribution in [-0.2, 0) is 11.3 Å². The van der Waals surface area contributed by atoms with E-state index in [9.17, 15) is 14.9 Å². The Morgan fingerprint density at radius 2 is 1.87 bits per heavy atom. The van der Waals surface area contributed by atoms with Crippen molar-refractivity contribution in [3.8, 4) is 17.2 Å². The molecule has 0 radical (unpaired) electrons. The molecule has 1 aromatic heterocycles. The molecule has 1 saturated heterocycles. The number of amides is 1. The van der Waals surface area contributed by atoms with Crippen molar-refractivity contribution in [1.82, 2.24) is 9.47 Å². The Bertz CT molecular complexity index is 1070. The van der Waals surface area contributed by atoms with Gasteiger partial charge < -0.3 is 9.47 Å². The molecular formula is C25H27N3O2. The highest BCUT2D eigenvalue weighted by molar-refractivity contribution is 5.79. The first-order valence-corrected chi connectivity index (χ1v) is 11.2. The summed E-state index contributed by atoms with van der Waals surface area (Å²) in [5, 5.41) is 9.30. The molecule has 0 N–H and O–H groups in total. The maximum Gasteiger partial charge on any atom is 0.250 e. The van der Waals surface area contributed by atoms with E-state index in [0.717, 1.165) is 55.5 Å². The monoisotopic (exact) mass is 401 g/mol. The Labute approximate surface area is 176 Å². The number of nitrogens with zero attached hydrogens (tertiary/aromatic N) is 3. The third-order valence-corrected chi connectivity index (χ3v) is 7.16. The Kier molecular flexibility index (Phi) is 4.94. The average molecular weight is 402 g/mol. The molecule has 0 unspecified atom stereocenters. The van der Waals surface area contributed by atoms with Gasteiger partial charge >= 0.3 is 0 Å². The summed E-state index contributed by atoms with van der Waals surface area (Å²) in [5.74, 6) is 1.01. The summed E-state index contributed by atoms with van der Waals surface area (Å²) in [7, 11) is 0. The molecule has 30 heavy (non-hydrogen) atoms. The predicted octanol–water partition coefficient (Wildman–Crippen LogP) is 3.91. The molecule has 5 heteroatoms. The number of rotatable bonds is 2. The van der Waals surface area contributed by atoms with Crippen LogP contribution in [0.15, 0.2) is 41.2 Å². The SMILES string of the molecule is N#Cc1cccc(-c2ccc(=O)n3c2[C@@H]2C[C@@H](CN(C(=O)C4CCCCC4)C2)C3)c1. The van der Waals surface area contributed by atoms with Crippen molar-refractivity contribution < 1.29 is 4.79 Å². The minimum Gasteiger partial charge on any atom is -0.341 e. The van der Waals surface area contributed by atoms with Gasteiger partial charge in [-0.05, 0) is 48.9 Å². The number of carbonyl (C=O) groups excluding carboxylic acids is 1. The van der Waals surface area contributed by atoms with Gasteiger partial charge in [0.2, 0.25) is 5.91 Å². The third-order valence-electron chi connectivity index (χ3n) is 7.16. The molecule has 1 saturated carbocycles. The maximum absolute atomic E-state index is 13.2. The lowest BCUT2D eigenvalue weighted by molar-refractivity contribution is -0.139. The van der Waals surface area contributed by atoms with Crippen molar-refractivity contribution in [1.29, 1.82) is 5.26 Å². The van der Waals surface area contributed by atoms with E-state index in [0.29, 0.717) is 30.5 Å². The molecule has 2 aromatic rings. The number of pyridine rings is 1.